The molecule has 1 aliphatic rings. The van der Waals surface area contributed by atoms with Crippen LogP contribution in [0.4, 0.5) is 0 Å². The molecule has 2 rings (SSSR count). The lowest BCUT2D eigenvalue weighted by atomic mass is 10.0. The van der Waals surface area contributed by atoms with Gasteiger partial charge in [-0.25, -0.2) is 0 Å². The van der Waals surface area contributed by atoms with Crippen molar-refractivity contribution in [2.75, 3.05) is 19.6 Å². The molecule has 110 valence electrons. The standard InChI is InChI=1S/C15H23N3O2/c1-2-10-18(11-12-6-3-4-8-16-12)15(20)13-7-5-9-17-14(13)19/h5,7,9,12,16H,2-4,6,8,10-11H2,1H3,(H,17,19). The lowest BCUT2D eigenvalue weighted by Gasteiger charge is -2.30. The van der Waals surface area contributed by atoms with E-state index in [-0.39, 0.29) is 17.0 Å². The average molecular weight is 277 g/mol. The van der Waals surface area contributed by atoms with E-state index >= 15 is 0 Å². The molecule has 0 radical (unpaired) electrons. The summed E-state index contributed by atoms with van der Waals surface area (Å²) < 4.78 is 0. The van der Waals surface area contributed by atoms with Gasteiger partial charge in [-0.2, -0.15) is 0 Å². The van der Waals surface area contributed by atoms with E-state index in [1.807, 2.05) is 6.92 Å². The van der Waals surface area contributed by atoms with Gasteiger partial charge in [0.25, 0.3) is 11.5 Å². The summed E-state index contributed by atoms with van der Waals surface area (Å²) in [5.74, 6) is -0.166. The highest BCUT2D eigenvalue weighted by Gasteiger charge is 2.22. The number of pyridine rings is 1. The van der Waals surface area contributed by atoms with Gasteiger partial charge < -0.3 is 15.2 Å². The number of rotatable bonds is 5. The average Bonchev–Trinajstić information content (AvgIpc) is 2.48. The van der Waals surface area contributed by atoms with Gasteiger partial charge in [-0.15, -0.1) is 0 Å². The van der Waals surface area contributed by atoms with Crippen LogP contribution >= 0.6 is 0 Å². The second-order valence-electron chi connectivity index (χ2n) is 5.31. The molecule has 0 aromatic carbocycles. The lowest BCUT2D eigenvalue weighted by molar-refractivity contribution is 0.0730. The van der Waals surface area contributed by atoms with Gasteiger partial charge in [-0.05, 0) is 37.9 Å². The Balaban J connectivity index is 2.09. The van der Waals surface area contributed by atoms with Gasteiger partial charge in [0.1, 0.15) is 5.56 Å². The molecule has 0 aliphatic carbocycles. The van der Waals surface area contributed by atoms with Crippen molar-refractivity contribution in [2.24, 2.45) is 0 Å². The normalized spacial score (nSPS) is 18.8. The van der Waals surface area contributed by atoms with E-state index in [1.165, 1.54) is 12.8 Å². The Hall–Kier alpha value is -1.62. The summed E-state index contributed by atoms with van der Waals surface area (Å²) in [6, 6.07) is 3.64. The van der Waals surface area contributed by atoms with Crippen LogP contribution in [-0.2, 0) is 0 Å². The molecule has 1 unspecified atom stereocenters. The van der Waals surface area contributed by atoms with Crippen LogP contribution in [0.25, 0.3) is 0 Å². The van der Waals surface area contributed by atoms with Gasteiger partial charge in [-0.1, -0.05) is 13.3 Å². The molecule has 2 N–H and O–H groups in total. The third kappa shape index (κ3) is 3.70. The third-order valence-corrected chi connectivity index (χ3v) is 3.68. The maximum absolute atomic E-state index is 12.5. The van der Waals surface area contributed by atoms with Crippen molar-refractivity contribution in [3.8, 4) is 0 Å². The van der Waals surface area contributed by atoms with Crippen molar-refractivity contribution in [1.82, 2.24) is 15.2 Å². The van der Waals surface area contributed by atoms with Crippen LogP contribution in [0.3, 0.4) is 0 Å². The van der Waals surface area contributed by atoms with Gasteiger partial charge >= 0.3 is 0 Å². The van der Waals surface area contributed by atoms with Crippen LogP contribution in [-0.4, -0.2) is 41.5 Å². The van der Waals surface area contributed by atoms with E-state index in [2.05, 4.69) is 10.3 Å². The van der Waals surface area contributed by atoms with Crippen LogP contribution in [0.2, 0.25) is 0 Å². The molecule has 1 saturated heterocycles. The maximum Gasteiger partial charge on any atom is 0.260 e. The van der Waals surface area contributed by atoms with Crippen LogP contribution < -0.4 is 10.9 Å². The largest absolute Gasteiger partial charge is 0.337 e. The topological polar surface area (TPSA) is 65.2 Å². The number of piperidine rings is 1. The zero-order chi connectivity index (χ0) is 14.4. The number of hydrogen-bond acceptors (Lipinski definition) is 3. The van der Waals surface area contributed by atoms with Crippen molar-refractivity contribution >= 4 is 5.91 Å². The molecule has 0 bridgehead atoms. The fourth-order valence-electron chi connectivity index (χ4n) is 2.65. The number of aromatic amines is 1. The minimum absolute atomic E-state index is 0.166. The quantitative estimate of drug-likeness (QED) is 0.854. The first-order chi connectivity index (χ1) is 9.72. The summed E-state index contributed by atoms with van der Waals surface area (Å²) in [4.78, 5) is 28.6. The predicted molar refractivity (Wildman–Crippen MR) is 78.9 cm³/mol. The van der Waals surface area contributed by atoms with Crippen LogP contribution in [0, 0.1) is 0 Å². The van der Waals surface area contributed by atoms with Crippen molar-refractivity contribution in [3.05, 3.63) is 34.2 Å². The van der Waals surface area contributed by atoms with E-state index in [1.54, 1.807) is 23.2 Å². The molecule has 1 aliphatic heterocycles. The highest BCUT2D eigenvalue weighted by Crippen LogP contribution is 2.10. The molecule has 1 fully saturated rings. The van der Waals surface area contributed by atoms with E-state index in [0.717, 1.165) is 19.4 Å². The fourth-order valence-corrected chi connectivity index (χ4v) is 2.65. The summed E-state index contributed by atoms with van der Waals surface area (Å²) in [5, 5.41) is 3.45. The number of carbonyl (C=O) groups excluding carboxylic acids is 1. The molecule has 5 heteroatoms. The highest BCUT2D eigenvalue weighted by atomic mass is 16.2. The Morgan fingerprint density at radius 3 is 2.95 bits per heavy atom. The number of aromatic nitrogens is 1. The van der Waals surface area contributed by atoms with Crippen LogP contribution in [0.5, 0.6) is 0 Å². The predicted octanol–water partition coefficient (Wildman–Crippen LogP) is 1.37. The molecule has 1 atom stereocenters. The number of amides is 1. The van der Waals surface area contributed by atoms with E-state index in [9.17, 15) is 9.59 Å². The summed E-state index contributed by atoms with van der Waals surface area (Å²) in [6.45, 7) is 4.43. The monoisotopic (exact) mass is 277 g/mol. The molecular weight excluding hydrogens is 254 g/mol. The molecular formula is C15H23N3O2. The molecule has 20 heavy (non-hydrogen) atoms. The van der Waals surface area contributed by atoms with Crippen LogP contribution in [0.1, 0.15) is 43.0 Å². The Bertz CT molecular complexity index is 492. The fraction of sp³-hybridized carbons (Fsp3) is 0.600. The first kappa shape index (κ1) is 14.8. The number of H-pyrrole nitrogens is 1. The summed E-state index contributed by atoms with van der Waals surface area (Å²) in [5.41, 5.74) is -0.0769. The second-order valence-corrected chi connectivity index (χ2v) is 5.31. The molecule has 1 aromatic heterocycles. The summed E-state index contributed by atoms with van der Waals surface area (Å²) >= 11 is 0. The van der Waals surface area contributed by atoms with E-state index in [4.69, 9.17) is 0 Å². The lowest BCUT2D eigenvalue weighted by Crippen LogP contribution is -2.46. The van der Waals surface area contributed by atoms with E-state index < -0.39 is 0 Å². The van der Waals surface area contributed by atoms with Gasteiger partial charge in [0, 0.05) is 25.3 Å². The van der Waals surface area contributed by atoms with Gasteiger partial charge in [-0.3, -0.25) is 9.59 Å². The van der Waals surface area contributed by atoms with Crippen molar-refractivity contribution in [2.45, 2.75) is 38.6 Å². The Morgan fingerprint density at radius 1 is 1.45 bits per heavy atom. The molecule has 0 saturated carbocycles. The first-order valence-corrected chi connectivity index (χ1v) is 7.42. The summed E-state index contributed by atoms with van der Waals surface area (Å²) in [6.07, 6.45) is 5.95. The second kappa shape index (κ2) is 7.24. The molecule has 2 heterocycles. The summed E-state index contributed by atoms with van der Waals surface area (Å²) in [7, 11) is 0. The zero-order valence-electron chi connectivity index (χ0n) is 12.0. The van der Waals surface area contributed by atoms with Gasteiger partial charge in [0.05, 0.1) is 0 Å². The van der Waals surface area contributed by atoms with Gasteiger partial charge in [0.15, 0.2) is 0 Å². The molecule has 1 amide bonds. The minimum atomic E-state index is -0.310. The molecule has 1 aromatic rings. The number of hydrogen-bond donors (Lipinski definition) is 2. The Kier molecular flexibility index (Phi) is 5.35. The Labute approximate surface area is 119 Å². The number of nitrogens with zero attached hydrogens (tertiary/aromatic N) is 1. The SMILES string of the molecule is CCCN(CC1CCCCN1)C(=O)c1ccc[nH]c1=O. The number of carbonyl (C=O) groups is 1. The highest BCUT2D eigenvalue weighted by molar-refractivity contribution is 5.93. The van der Waals surface area contributed by atoms with Crippen molar-refractivity contribution in [1.29, 1.82) is 0 Å². The smallest absolute Gasteiger partial charge is 0.260 e. The third-order valence-electron chi connectivity index (χ3n) is 3.68. The zero-order valence-corrected chi connectivity index (χ0v) is 12.0. The molecule has 5 nitrogen and oxygen atoms in total. The van der Waals surface area contributed by atoms with Crippen LogP contribution in [0.15, 0.2) is 23.1 Å². The Morgan fingerprint density at radius 2 is 2.30 bits per heavy atom. The van der Waals surface area contributed by atoms with Gasteiger partial charge in [0.2, 0.25) is 0 Å². The minimum Gasteiger partial charge on any atom is -0.337 e. The number of nitrogens with one attached hydrogen (secondary N) is 2. The first-order valence-electron chi connectivity index (χ1n) is 7.42. The van der Waals surface area contributed by atoms with Crippen molar-refractivity contribution in [3.63, 3.8) is 0 Å². The van der Waals surface area contributed by atoms with E-state index in [0.29, 0.717) is 19.1 Å². The maximum atomic E-state index is 12.5. The van der Waals surface area contributed by atoms with Crippen molar-refractivity contribution < 1.29 is 4.79 Å². The molecule has 0 spiro atoms.